The summed E-state index contributed by atoms with van der Waals surface area (Å²) in [5, 5.41) is 11.2. The molecule has 2 N–H and O–H groups in total. The summed E-state index contributed by atoms with van der Waals surface area (Å²) in [6, 6.07) is 24.5. The van der Waals surface area contributed by atoms with Gasteiger partial charge < -0.3 is 9.84 Å². The van der Waals surface area contributed by atoms with Crippen molar-refractivity contribution in [2.24, 2.45) is 23.7 Å². The first-order valence-corrected chi connectivity index (χ1v) is 20.7. The van der Waals surface area contributed by atoms with Gasteiger partial charge in [-0.25, -0.2) is 4.98 Å². The molecule has 0 bridgehead atoms. The van der Waals surface area contributed by atoms with Crippen LogP contribution in [0.3, 0.4) is 0 Å². The van der Waals surface area contributed by atoms with E-state index in [1.807, 2.05) is 0 Å². The largest absolute Gasteiger partial charge is 0.503 e. The summed E-state index contributed by atoms with van der Waals surface area (Å²) in [4.78, 5) is 77.7. The van der Waals surface area contributed by atoms with Gasteiger partial charge in [0.1, 0.15) is 0 Å². The highest BCUT2D eigenvalue weighted by Gasteiger charge is 2.70. The molecule has 4 amide bonds. The Balaban J connectivity index is 1.17. The zero-order valence-electron chi connectivity index (χ0n) is 32.7. The average molecular weight is 916 g/mol. The molecule has 17 heteroatoms. The number of imide groups is 2. The van der Waals surface area contributed by atoms with Crippen LogP contribution in [0.2, 0.25) is 15.1 Å². The van der Waals surface area contributed by atoms with Gasteiger partial charge in [0.2, 0.25) is 11.8 Å². The molecule has 6 unspecified atom stereocenters. The fourth-order valence-corrected chi connectivity index (χ4v) is 10.4. The second kappa shape index (κ2) is 15.5. The van der Waals surface area contributed by atoms with Crippen LogP contribution in [0.4, 0.5) is 24.7 Å². The highest BCUT2D eigenvalue weighted by molar-refractivity contribution is 6.33. The van der Waals surface area contributed by atoms with E-state index < -0.39 is 87.0 Å². The van der Waals surface area contributed by atoms with E-state index in [0.717, 1.165) is 4.90 Å². The summed E-state index contributed by atoms with van der Waals surface area (Å²) in [6.45, 7) is 0. The van der Waals surface area contributed by atoms with Crippen molar-refractivity contribution in [2.75, 3.05) is 17.4 Å². The number of allylic oxidation sites excluding steroid dienone is 2. The zero-order chi connectivity index (χ0) is 44.7. The number of rotatable bonds is 8. The van der Waals surface area contributed by atoms with Crippen LogP contribution in [0.5, 0.6) is 11.5 Å². The monoisotopic (exact) mass is 914 g/mol. The number of nitrogens with one attached hydrogen (secondary N) is 1. The number of aromatic hydroxyl groups is 1. The summed E-state index contributed by atoms with van der Waals surface area (Å²) in [5.41, 5.74) is 1.79. The minimum atomic E-state index is -4.79. The first-order valence-electron chi connectivity index (χ1n) is 19.5. The number of benzene rings is 4. The molecule has 2 aliphatic carbocycles. The number of amides is 4. The highest BCUT2D eigenvalue weighted by Crippen LogP contribution is 2.65. The number of alkyl halides is 3. The van der Waals surface area contributed by atoms with Gasteiger partial charge in [-0.15, -0.1) is 0 Å². The van der Waals surface area contributed by atoms with Crippen LogP contribution < -0.4 is 15.1 Å². The number of halogens is 6. The Morgan fingerprint density at radius 1 is 0.857 bits per heavy atom. The third kappa shape index (κ3) is 6.65. The number of pyridine rings is 1. The van der Waals surface area contributed by atoms with Crippen LogP contribution in [0.1, 0.15) is 51.4 Å². The Bertz CT molecular complexity index is 2790. The number of hydrogen-bond donors (Lipinski definition) is 2. The number of hydrazine groups is 1. The van der Waals surface area contributed by atoms with Crippen molar-refractivity contribution < 1.29 is 47.0 Å². The molecule has 3 heterocycles. The fourth-order valence-electron chi connectivity index (χ4n) is 9.85. The SMILES string of the molecule is COc1cc(C2C3=CCC4C(=O)N(c5ccc(C(=O)c6ccccc6)cc5)C(=O)C4C3CC3C(=O)N(Nc4ncc(C(F)(F)F)cc4Cl)C(=O)C32c2ccc(Cl)cc2)cc(Cl)c1O. The number of ketones is 1. The maximum atomic E-state index is 15.5. The van der Waals surface area contributed by atoms with E-state index in [2.05, 4.69) is 10.4 Å². The third-order valence-corrected chi connectivity index (χ3v) is 13.4. The van der Waals surface area contributed by atoms with E-state index in [9.17, 15) is 32.7 Å². The van der Waals surface area contributed by atoms with Crippen LogP contribution in [-0.4, -0.2) is 51.6 Å². The summed E-state index contributed by atoms with van der Waals surface area (Å²) in [5.74, 6) is -8.94. The second-order valence-electron chi connectivity index (χ2n) is 15.7. The molecule has 11 nitrogen and oxygen atoms in total. The molecule has 320 valence electrons. The summed E-state index contributed by atoms with van der Waals surface area (Å²) in [6.07, 6.45) is -2.54. The van der Waals surface area contributed by atoms with Gasteiger partial charge in [-0.05, 0) is 84.5 Å². The number of fused-ring (bicyclic) bond motifs is 4. The lowest BCUT2D eigenvalue weighted by molar-refractivity contribution is -0.139. The predicted molar refractivity (Wildman–Crippen MR) is 225 cm³/mol. The lowest BCUT2D eigenvalue weighted by Gasteiger charge is -2.50. The summed E-state index contributed by atoms with van der Waals surface area (Å²) < 4.78 is 46.2. The Kier molecular flexibility index (Phi) is 10.4. The van der Waals surface area contributed by atoms with Gasteiger partial charge in [-0.2, -0.15) is 18.2 Å². The molecule has 2 saturated heterocycles. The predicted octanol–water partition coefficient (Wildman–Crippen LogP) is 9.20. The van der Waals surface area contributed by atoms with Gasteiger partial charge in [0.25, 0.3) is 11.8 Å². The van der Waals surface area contributed by atoms with E-state index in [1.165, 1.54) is 43.5 Å². The van der Waals surface area contributed by atoms with Gasteiger partial charge in [-0.3, -0.25) is 34.3 Å². The Morgan fingerprint density at radius 2 is 1.54 bits per heavy atom. The van der Waals surface area contributed by atoms with Crippen LogP contribution in [0.15, 0.2) is 115 Å². The van der Waals surface area contributed by atoms with E-state index >= 15 is 9.59 Å². The number of anilines is 2. The molecule has 0 radical (unpaired) electrons. The molecule has 1 aromatic heterocycles. The number of methoxy groups -OCH3 is 1. The highest BCUT2D eigenvalue weighted by atomic mass is 35.5. The van der Waals surface area contributed by atoms with Crippen molar-refractivity contribution >= 4 is 75.7 Å². The number of nitrogens with zero attached hydrogens (tertiary/aromatic N) is 3. The van der Waals surface area contributed by atoms with Gasteiger partial charge in [-0.1, -0.05) is 88.9 Å². The topological polar surface area (TPSA) is 146 Å². The van der Waals surface area contributed by atoms with Crippen molar-refractivity contribution in [1.82, 2.24) is 9.99 Å². The molecule has 6 atom stereocenters. The maximum Gasteiger partial charge on any atom is 0.417 e. The summed E-state index contributed by atoms with van der Waals surface area (Å²) >= 11 is 19.3. The molecule has 3 fully saturated rings. The molecule has 63 heavy (non-hydrogen) atoms. The number of carbonyl (C=O) groups is 5. The van der Waals surface area contributed by atoms with Gasteiger partial charge in [0, 0.05) is 28.3 Å². The van der Waals surface area contributed by atoms with E-state index in [-0.39, 0.29) is 35.1 Å². The number of phenolic OH excluding ortho intramolecular Hbond substituents is 1. The zero-order valence-corrected chi connectivity index (χ0v) is 35.0. The number of aromatic nitrogens is 1. The van der Waals surface area contributed by atoms with Crippen molar-refractivity contribution in [3.8, 4) is 11.5 Å². The molecular weight excluding hydrogens is 884 g/mol. The van der Waals surface area contributed by atoms with Gasteiger partial charge in [0.05, 0.1) is 51.6 Å². The quantitative estimate of drug-likeness (QED) is 0.0884. The van der Waals surface area contributed by atoms with Gasteiger partial charge in [0.15, 0.2) is 23.1 Å². The van der Waals surface area contributed by atoms with E-state index in [4.69, 9.17) is 39.5 Å². The normalized spacial score (nSPS) is 24.2. The third-order valence-electron chi connectivity index (χ3n) is 12.6. The Hall–Kier alpha value is -6.22. The standard InChI is InChI=1S/C46H32Cl3F3N4O7/c1-63-35-18-24(17-33(48)39(35)58)37-29-15-16-30-36(43(61)55(41(30)59)28-13-7-23(8-14-28)38(57)22-5-3-2-4-6-22)31(29)20-32-42(60)56(44(62)45(32,37)25-9-11-27(47)12-10-25)54-40-34(49)19-26(21-53-40)46(50,51)52/h2-15,17-19,21,30-32,36-37,58H,16,20H2,1H3,(H,53,54). The van der Waals surface area contributed by atoms with Crippen molar-refractivity contribution in [3.05, 3.63) is 158 Å². The van der Waals surface area contributed by atoms with Crippen LogP contribution in [-0.2, 0) is 30.8 Å². The van der Waals surface area contributed by atoms with E-state index in [0.29, 0.717) is 50.1 Å². The Labute approximate surface area is 372 Å². The minimum Gasteiger partial charge on any atom is -0.503 e. The maximum absolute atomic E-state index is 15.5. The first kappa shape index (κ1) is 42.1. The number of carbonyl (C=O) groups excluding carboxylic acids is 5. The second-order valence-corrected chi connectivity index (χ2v) is 17.0. The molecule has 1 saturated carbocycles. The number of phenols is 1. The van der Waals surface area contributed by atoms with Crippen LogP contribution >= 0.6 is 34.8 Å². The van der Waals surface area contributed by atoms with Crippen LogP contribution in [0.25, 0.3) is 0 Å². The lowest BCUT2D eigenvalue weighted by atomic mass is 9.49. The number of hydrogen-bond acceptors (Lipinski definition) is 9. The minimum absolute atomic E-state index is 0.0586. The smallest absolute Gasteiger partial charge is 0.417 e. The summed E-state index contributed by atoms with van der Waals surface area (Å²) in [7, 11) is 1.30. The molecule has 4 aliphatic rings. The molecule has 4 aromatic carbocycles. The molecule has 5 aromatic rings. The fraction of sp³-hybridized carbons (Fsp3) is 0.217. The van der Waals surface area contributed by atoms with Crippen molar-refractivity contribution in [2.45, 2.75) is 30.4 Å². The average Bonchev–Trinajstić information content (AvgIpc) is 3.65. The van der Waals surface area contributed by atoms with E-state index in [1.54, 1.807) is 60.7 Å². The first-order chi connectivity index (χ1) is 30.1. The Morgan fingerprint density at radius 3 is 2.19 bits per heavy atom. The van der Waals surface area contributed by atoms with Crippen molar-refractivity contribution in [1.29, 1.82) is 0 Å². The lowest BCUT2D eigenvalue weighted by Crippen LogP contribution is -2.53. The molecule has 0 spiro atoms. The molecular formula is C46H32Cl3F3N4O7. The van der Waals surface area contributed by atoms with Gasteiger partial charge >= 0.3 is 6.18 Å². The molecule has 9 rings (SSSR count). The molecule has 2 aliphatic heterocycles. The number of ether oxygens (including phenoxy) is 1. The van der Waals surface area contributed by atoms with Crippen molar-refractivity contribution in [3.63, 3.8) is 0 Å². The van der Waals surface area contributed by atoms with Crippen LogP contribution in [0, 0.1) is 23.7 Å².